The van der Waals surface area contributed by atoms with Gasteiger partial charge in [-0.3, -0.25) is 14.5 Å². The molecule has 2 N–H and O–H groups in total. The number of nitrogens with two attached hydrogens (primary N) is 1. The van der Waals surface area contributed by atoms with E-state index in [1.165, 1.54) is 0 Å². The van der Waals surface area contributed by atoms with Crippen LogP contribution in [-0.2, 0) is 31.9 Å². The van der Waals surface area contributed by atoms with Crippen molar-refractivity contribution in [3.05, 3.63) is 71.8 Å². The number of nitrogens with zero attached hydrogens (tertiary/aromatic N) is 1. The second kappa shape index (κ2) is 11.2. The Morgan fingerprint density at radius 3 is 1.79 bits per heavy atom. The molecule has 0 aliphatic heterocycles. The van der Waals surface area contributed by atoms with Gasteiger partial charge in [0.2, 0.25) is 0 Å². The summed E-state index contributed by atoms with van der Waals surface area (Å²) in [7, 11) is 3.66. The predicted molar refractivity (Wildman–Crippen MR) is 108 cm³/mol. The van der Waals surface area contributed by atoms with Crippen LogP contribution in [0.15, 0.2) is 60.7 Å². The van der Waals surface area contributed by atoms with Crippen molar-refractivity contribution >= 4 is 11.9 Å². The maximum absolute atomic E-state index is 12.4. The van der Waals surface area contributed by atoms with E-state index in [1.54, 1.807) is 0 Å². The van der Waals surface area contributed by atoms with Gasteiger partial charge in [0.25, 0.3) is 0 Å². The number of benzene rings is 2. The number of carbonyl (C=O) groups is 2. The molecule has 2 rings (SSSR count). The Labute approximate surface area is 166 Å². The highest BCUT2D eigenvalue weighted by Gasteiger charge is 2.23. The number of esters is 2. The summed E-state index contributed by atoms with van der Waals surface area (Å²) in [4.78, 5) is 26.2. The lowest BCUT2D eigenvalue weighted by Gasteiger charge is -2.22. The fourth-order valence-corrected chi connectivity index (χ4v) is 2.75. The maximum Gasteiger partial charge on any atom is 0.323 e. The lowest BCUT2D eigenvalue weighted by molar-refractivity contribution is -0.156. The van der Waals surface area contributed by atoms with Gasteiger partial charge in [-0.2, -0.15) is 0 Å². The van der Waals surface area contributed by atoms with Gasteiger partial charge in [-0.05, 0) is 38.1 Å². The highest BCUT2D eigenvalue weighted by Crippen LogP contribution is 2.08. The van der Waals surface area contributed by atoms with E-state index < -0.39 is 18.1 Å². The Morgan fingerprint density at radius 1 is 0.821 bits per heavy atom. The lowest BCUT2D eigenvalue weighted by Crippen LogP contribution is -2.39. The topological polar surface area (TPSA) is 81.9 Å². The largest absolute Gasteiger partial charge is 0.461 e. The van der Waals surface area contributed by atoms with Crippen LogP contribution in [0.25, 0.3) is 0 Å². The molecular formula is C22H28N2O4. The molecule has 0 amide bonds. The summed E-state index contributed by atoms with van der Waals surface area (Å²) >= 11 is 0. The van der Waals surface area contributed by atoms with Crippen LogP contribution in [-0.4, -0.2) is 56.2 Å². The van der Waals surface area contributed by atoms with Crippen LogP contribution in [0.4, 0.5) is 0 Å². The Hall–Kier alpha value is -2.70. The SMILES string of the molecule is CN(C)[C@@H](Cc1ccccc1)C(=O)OCCOC(=O)[C@@H](N)Cc1ccccc1. The Kier molecular flexibility index (Phi) is 8.65. The minimum absolute atomic E-state index is 0.00175. The van der Waals surface area contributed by atoms with Crippen molar-refractivity contribution in [3.63, 3.8) is 0 Å². The standard InChI is InChI=1S/C22H28N2O4/c1-24(2)20(16-18-11-7-4-8-12-18)22(26)28-14-13-27-21(25)19(23)15-17-9-5-3-6-10-17/h3-12,19-20H,13-16,23H2,1-2H3/t19-,20-/m0/s1. The van der Waals surface area contributed by atoms with E-state index in [9.17, 15) is 9.59 Å². The van der Waals surface area contributed by atoms with Crippen LogP contribution >= 0.6 is 0 Å². The van der Waals surface area contributed by atoms with Crippen LogP contribution < -0.4 is 5.73 Å². The lowest BCUT2D eigenvalue weighted by atomic mass is 10.1. The maximum atomic E-state index is 12.4. The molecule has 0 bridgehead atoms. The van der Waals surface area contributed by atoms with Gasteiger partial charge < -0.3 is 15.2 Å². The molecule has 0 heterocycles. The Bertz CT molecular complexity index is 735. The Balaban J connectivity index is 1.73. The van der Waals surface area contributed by atoms with Crippen molar-refractivity contribution in [2.45, 2.75) is 24.9 Å². The number of hydrogen-bond donors (Lipinski definition) is 1. The molecule has 0 saturated heterocycles. The van der Waals surface area contributed by atoms with Crippen molar-refractivity contribution in [1.82, 2.24) is 4.90 Å². The van der Waals surface area contributed by atoms with Gasteiger partial charge in [0.15, 0.2) is 0 Å². The number of rotatable bonds is 10. The average Bonchev–Trinajstić information content (AvgIpc) is 2.70. The Morgan fingerprint density at radius 2 is 1.29 bits per heavy atom. The molecule has 6 nitrogen and oxygen atoms in total. The highest BCUT2D eigenvalue weighted by atomic mass is 16.6. The first-order valence-corrected chi connectivity index (χ1v) is 9.30. The van der Waals surface area contributed by atoms with Crippen molar-refractivity contribution < 1.29 is 19.1 Å². The first kappa shape index (κ1) is 21.6. The molecule has 0 unspecified atom stereocenters. The van der Waals surface area contributed by atoms with E-state index in [0.717, 1.165) is 11.1 Å². The molecule has 6 heteroatoms. The van der Waals surface area contributed by atoms with Gasteiger partial charge >= 0.3 is 11.9 Å². The van der Waals surface area contributed by atoms with Gasteiger partial charge in [-0.25, -0.2) is 0 Å². The molecule has 28 heavy (non-hydrogen) atoms. The van der Waals surface area contributed by atoms with Gasteiger partial charge in [-0.1, -0.05) is 60.7 Å². The van der Waals surface area contributed by atoms with Crippen LogP contribution in [0.5, 0.6) is 0 Å². The molecule has 0 radical (unpaired) electrons. The monoisotopic (exact) mass is 384 g/mol. The first-order chi connectivity index (χ1) is 13.5. The van der Waals surface area contributed by atoms with E-state index in [0.29, 0.717) is 12.8 Å². The summed E-state index contributed by atoms with van der Waals surface area (Å²) in [6.45, 7) is -0.0136. The number of carbonyl (C=O) groups excluding carboxylic acids is 2. The van der Waals surface area contributed by atoms with E-state index in [-0.39, 0.29) is 19.2 Å². The fourth-order valence-electron chi connectivity index (χ4n) is 2.75. The smallest absolute Gasteiger partial charge is 0.323 e. The molecule has 2 aromatic carbocycles. The fraction of sp³-hybridized carbons (Fsp3) is 0.364. The van der Waals surface area contributed by atoms with Crippen molar-refractivity contribution in [2.24, 2.45) is 5.73 Å². The number of likely N-dealkylation sites (N-methyl/N-ethyl adjacent to an activating group) is 1. The summed E-state index contributed by atoms with van der Waals surface area (Å²) in [5.41, 5.74) is 7.89. The third kappa shape index (κ3) is 7.13. The summed E-state index contributed by atoms with van der Waals surface area (Å²) < 4.78 is 10.4. The van der Waals surface area contributed by atoms with Crippen molar-refractivity contribution in [3.8, 4) is 0 Å². The second-order valence-corrected chi connectivity index (χ2v) is 6.80. The van der Waals surface area contributed by atoms with E-state index in [2.05, 4.69) is 0 Å². The van der Waals surface area contributed by atoms with Gasteiger partial charge in [0, 0.05) is 0 Å². The van der Waals surface area contributed by atoms with Crippen molar-refractivity contribution in [1.29, 1.82) is 0 Å². The molecule has 2 aromatic rings. The van der Waals surface area contributed by atoms with E-state index in [1.807, 2.05) is 79.7 Å². The summed E-state index contributed by atoms with van der Waals surface area (Å²) in [5, 5.41) is 0. The zero-order chi connectivity index (χ0) is 20.4. The molecule has 0 aliphatic rings. The molecule has 150 valence electrons. The third-order valence-corrected chi connectivity index (χ3v) is 4.34. The molecule has 0 saturated carbocycles. The van der Waals surface area contributed by atoms with E-state index in [4.69, 9.17) is 15.2 Å². The van der Waals surface area contributed by atoms with E-state index >= 15 is 0 Å². The zero-order valence-electron chi connectivity index (χ0n) is 16.4. The summed E-state index contributed by atoms with van der Waals surface area (Å²) in [5.74, 6) is -0.855. The van der Waals surface area contributed by atoms with Crippen LogP contribution in [0, 0.1) is 0 Å². The summed E-state index contributed by atoms with van der Waals surface area (Å²) in [6.07, 6.45) is 0.952. The number of hydrogen-bond acceptors (Lipinski definition) is 6. The van der Waals surface area contributed by atoms with Crippen LogP contribution in [0.3, 0.4) is 0 Å². The molecule has 0 aromatic heterocycles. The highest BCUT2D eigenvalue weighted by molar-refractivity contribution is 5.77. The van der Waals surface area contributed by atoms with Gasteiger partial charge in [-0.15, -0.1) is 0 Å². The second-order valence-electron chi connectivity index (χ2n) is 6.80. The molecule has 0 aliphatic carbocycles. The summed E-state index contributed by atoms with van der Waals surface area (Å²) in [6, 6.07) is 18.1. The molecule has 2 atom stereocenters. The van der Waals surface area contributed by atoms with Crippen LogP contribution in [0.1, 0.15) is 11.1 Å². The minimum atomic E-state index is -0.745. The third-order valence-electron chi connectivity index (χ3n) is 4.34. The molecule has 0 spiro atoms. The zero-order valence-corrected chi connectivity index (χ0v) is 16.4. The van der Waals surface area contributed by atoms with Gasteiger partial charge in [0.1, 0.15) is 25.3 Å². The first-order valence-electron chi connectivity index (χ1n) is 9.30. The quantitative estimate of drug-likeness (QED) is 0.497. The average molecular weight is 384 g/mol. The molecular weight excluding hydrogens is 356 g/mol. The normalized spacial score (nSPS) is 13.0. The van der Waals surface area contributed by atoms with Crippen molar-refractivity contribution in [2.75, 3.05) is 27.3 Å². The minimum Gasteiger partial charge on any atom is -0.461 e. The van der Waals surface area contributed by atoms with Crippen LogP contribution in [0.2, 0.25) is 0 Å². The molecule has 0 fully saturated rings. The van der Waals surface area contributed by atoms with Gasteiger partial charge in [0.05, 0.1) is 0 Å². The predicted octanol–water partition coefficient (Wildman–Crippen LogP) is 1.82. The number of ether oxygens (including phenoxy) is 2.